The Hall–Kier alpha value is -3.22. The second kappa shape index (κ2) is 19.3. The molecule has 8 saturated carbocycles. The maximum absolute atomic E-state index is 13.8. The van der Waals surface area contributed by atoms with E-state index in [2.05, 4.69) is 61.6 Å². The molecule has 9 rings (SSSR count). The Morgan fingerprint density at radius 3 is 1.42 bits per heavy atom. The number of azide groups is 2. The zero-order chi connectivity index (χ0) is 46.4. The predicted octanol–water partition coefficient (Wildman–Crippen LogP) is 15.5. The molecule has 18 atom stereocenters. The molecule has 0 amide bonds. The predicted molar refractivity (Wildman–Crippen MR) is 260 cm³/mol. The fourth-order valence-corrected chi connectivity index (χ4v) is 19.3. The number of hydrogen-bond acceptors (Lipinski definition) is 6. The molecule has 16 unspecified atom stereocenters. The summed E-state index contributed by atoms with van der Waals surface area (Å²) in [6.07, 6.45) is 25.9. The molecule has 1 aromatic carbocycles. The molecule has 8 aliphatic rings. The highest BCUT2D eigenvalue weighted by Gasteiger charge is 2.62. The maximum atomic E-state index is 13.8. The number of fused-ring (bicyclic) bond motifs is 10. The minimum atomic E-state index is -0.312. The van der Waals surface area contributed by atoms with Crippen molar-refractivity contribution in [2.45, 2.75) is 195 Å². The van der Waals surface area contributed by atoms with Crippen LogP contribution in [-0.4, -0.2) is 37.2 Å². The average molecular weight is 905 g/mol. The zero-order valence-electron chi connectivity index (χ0n) is 41.7. The number of esters is 2. The van der Waals surface area contributed by atoms with Crippen molar-refractivity contribution in [1.29, 1.82) is 0 Å². The summed E-state index contributed by atoms with van der Waals surface area (Å²) in [5, 5.41) is 7.60. The monoisotopic (exact) mass is 905 g/mol. The normalized spacial score (nSPS) is 43.1. The lowest BCUT2D eigenvalue weighted by molar-refractivity contribution is -0.130. The molecule has 10 heteroatoms. The fourth-order valence-electron chi connectivity index (χ4n) is 19.3. The topological polar surface area (TPSA) is 150 Å². The molecule has 1 aromatic rings. The van der Waals surface area contributed by atoms with Crippen molar-refractivity contribution < 1.29 is 19.1 Å². The van der Waals surface area contributed by atoms with Gasteiger partial charge in [0, 0.05) is 22.9 Å². The third kappa shape index (κ3) is 8.62. The standard InChI is InChI=1S/C56H84N6O4/c1-35(10-8-30-59-61-57)45-18-20-47-43-16-14-39-33-41(22-26-53(39,3)49(43)24-28-55(45,47)5)65-51(63)37-12-7-13-38(32-37)52(64)66-42-23-27-54(4)40(34-42)15-17-44-48-21-19-46(36(2)11-9-31-60-62-58)56(48,6)29-25-50(44)54/h7,12-13,32,35-36,39-50H,8-11,14-31,33-34H2,1-6H3/t35-,36-,39?,40?,41?,42?,43?,44?,45?,46?,47?,48?,49?,50?,53?,54?,55?,56?/m1/s1. The van der Waals surface area contributed by atoms with Crippen LogP contribution >= 0.6 is 0 Å². The van der Waals surface area contributed by atoms with Crippen LogP contribution in [0, 0.1) is 92.7 Å². The first kappa shape index (κ1) is 47.8. The van der Waals surface area contributed by atoms with Gasteiger partial charge in [0.2, 0.25) is 0 Å². The Balaban J connectivity index is 0.758. The molecule has 0 heterocycles. The van der Waals surface area contributed by atoms with Crippen molar-refractivity contribution in [3.63, 3.8) is 0 Å². The lowest BCUT2D eigenvalue weighted by Gasteiger charge is -2.61. The highest BCUT2D eigenvalue weighted by Crippen LogP contribution is 2.70. The summed E-state index contributed by atoms with van der Waals surface area (Å²) in [6.45, 7) is 16.6. The first-order valence-electron chi connectivity index (χ1n) is 27.3. The van der Waals surface area contributed by atoms with Gasteiger partial charge in [0.15, 0.2) is 0 Å². The summed E-state index contributed by atoms with van der Waals surface area (Å²) in [6, 6.07) is 7.12. The molecular weight excluding hydrogens is 821 g/mol. The summed E-state index contributed by atoms with van der Waals surface area (Å²) in [5.74, 6) is 8.16. The van der Waals surface area contributed by atoms with Gasteiger partial charge in [0.1, 0.15) is 12.2 Å². The number of hydrogen-bond donors (Lipinski definition) is 0. The SMILES string of the molecule is C[C@H](CCCN=[N+]=[N-])C1CCC2C3CCC4CC(OC(=O)c5cccc(C(=O)OC6CCC7(C)C(CCC8C7CCC7(C)C8CCC7[C@H](C)CCCN=[N+]=[N-])C6)c5)CCC4(C)C3CCC21C. The highest BCUT2D eigenvalue weighted by molar-refractivity contribution is 5.95. The summed E-state index contributed by atoms with van der Waals surface area (Å²) in [5.41, 5.74) is 19.8. The van der Waals surface area contributed by atoms with Crippen LogP contribution in [0.4, 0.5) is 0 Å². The molecule has 362 valence electrons. The van der Waals surface area contributed by atoms with Crippen molar-refractivity contribution in [1.82, 2.24) is 0 Å². The molecule has 0 aliphatic heterocycles. The molecule has 66 heavy (non-hydrogen) atoms. The van der Waals surface area contributed by atoms with Gasteiger partial charge >= 0.3 is 11.9 Å². The van der Waals surface area contributed by atoms with E-state index >= 15 is 0 Å². The fraction of sp³-hybridized carbons (Fsp3) is 0.857. The molecule has 8 aliphatic carbocycles. The minimum absolute atomic E-state index is 0.0803. The van der Waals surface area contributed by atoms with E-state index in [1.165, 1.54) is 77.0 Å². The Labute approximate surface area is 396 Å². The van der Waals surface area contributed by atoms with Crippen LogP contribution < -0.4 is 0 Å². The average Bonchev–Trinajstić information content (AvgIpc) is 3.86. The highest BCUT2D eigenvalue weighted by atomic mass is 16.5. The second-order valence-electron chi connectivity index (χ2n) is 25.1. The molecule has 8 fully saturated rings. The van der Waals surface area contributed by atoms with E-state index < -0.39 is 0 Å². The van der Waals surface area contributed by atoms with Gasteiger partial charge in [-0.3, -0.25) is 0 Å². The van der Waals surface area contributed by atoms with Crippen LogP contribution in [0.2, 0.25) is 0 Å². The van der Waals surface area contributed by atoms with E-state index in [0.717, 1.165) is 112 Å². The van der Waals surface area contributed by atoms with Gasteiger partial charge in [-0.05, 0) is 250 Å². The van der Waals surface area contributed by atoms with Crippen LogP contribution in [0.3, 0.4) is 0 Å². The van der Waals surface area contributed by atoms with Crippen molar-refractivity contribution in [3.05, 3.63) is 56.3 Å². The molecule has 0 N–H and O–H groups in total. The Morgan fingerprint density at radius 1 is 0.591 bits per heavy atom. The third-order valence-corrected chi connectivity index (χ3v) is 22.6. The van der Waals surface area contributed by atoms with Crippen molar-refractivity contribution in [2.75, 3.05) is 13.1 Å². The van der Waals surface area contributed by atoms with Crippen LogP contribution in [-0.2, 0) is 9.47 Å². The van der Waals surface area contributed by atoms with Gasteiger partial charge in [-0.25, -0.2) is 9.59 Å². The number of ether oxygens (including phenoxy) is 2. The van der Waals surface area contributed by atoms with Gasteiger partial charge in [0.05, 0.1) is 11.1 Å². The van der Waals surface area contributed by atoms with E-state index in [-0.39, 0.29) is 24.1 Å². The van der Waals surface area contributed by atoms with Crippen molar-refractivity contribution in [2.24, 2.45) is 103 Å². The number of nitrogens with zero attached hydrogens (tertiary/aromatic N) is 6. The second-order valence-corrected chi connectivity index (χ2v) is 25.1. The largest absolute Gasteiger partial charge is 0.459 e. The summed E-state index contributed by atoms with van der Waals surface area (Å²) < 4.78 is 12.6. The van der Waals surface area contributed by atoms with Crippen molar-refractivity contribution in [3.8, 4) is 0 Å². The van der Waals surface area contributed by atoms with E-state index in [1.54, 1.807) is 18.2 Å². The lowest BCUT2D eigenvalue weighted by Crippen LogP contribution is -2.54. The molecule has 0 aromatic heterocycles. The Bertz CT molecular complexity index is 1900. The van der Waals surface area contributed by atoms with Crippen LogP contribution in [0.15, 0.2) is 34.5 Å². The van der Waals surface area contributed by atoms with Crippen LogP contribution in [0.1, 0.15) is 204 Å². The molecule has 0 bridgehead atoms. The van der Waals surface area contributed by atoms with Gasteiger partial charge in [-0.1, -0.05) is 70.7 Å². The van der Waals surface area contributed by atoms with E-state index in [0.29, 0.717) is 69.5 Å². The number of benzene rings is 1. The lowest BCUT2D eigenvalue weighted by atomic mass is 9.44. The zero-order valence-corrected chi connectivity index (χ0v) is 41.7. The molecule has 0 saturated heterocycles. The quantitative estimate of drug-likeness (QED) is 0.0600. The Morgan fingerprint density at radius 2 is 1.00 bits per heavy atom. The maximum Gasteiger partial charge on any atom is 0.338 e. The van der Waals surface area contributed by atoms with Crippen LogP contribution in [0.25, 0.3) is 20.9 Å². The molecule has 0 spiro atoms. The van der Waals surface area contributed by atoms with Gasteiger partial charge in [-0.15, -0.1) is 0 Å². The summed E-state index contributed by atoms with van der Waals surface area (Å²) in [4.78, 5) is 33.5. The van der Waals surface area contributed by atoms with E-state index in [1.807, 2.05) is 6.07 Å². The Kier molecular flexibility index (Phi) is 14.0. The minimum Gasteiger partial charge on any atom is -0.459 e. The van der Waals surface area contributed by atoms with Crippen molar-refractivity contribution >= 4 is 11.9 Å². The number of carbonyl (C=O) groups excluding carboxylic acids is 2. The summed E-state index contributed by atoms with van der Waals surface area (Å²) in [7, 11) is 0. The van der Waals surface area contributed by atoms with Crippen LogP contribution in [0.5, 0.6) is 0 Å². The van der Waals surface area contributed by atoms with Gasteiger partial charge < -0.3 is 9.47 Å². The van der Waals surface area contributed by atoms with E-state index in [4.69, 9.17) is 20.5 Å². The molecular formula is C56H84N6O4. The third-order valence-electron chi connectivity index (χ3n) is 22.6. The first-order chi connectivity index (χ1) is 31.7. The van der Waals surface area contributed by atoms with Gasteiger partial charge in [-0.2, -0.15) is 0 Å². The molecule has 0 radical (unpaired) electrons. The number of carbonyl (C=O) groups is 2. The number of rotatable bonds is 14. The van der Waals surface area contributed by atoms with E-state index in [9.17, 15) is 9.59 Å². The first-order valence-corrected chi connectivity index (χ1v) is 27.3. The van der Waals surface area contributed by atoms with Gasteiger partial charge in [0.25, 0.3) is 0 Å². The molecule has 10 nitrogen and oxygen atoms in total. The summed E-state index contributed by atoms with van der Waals surface area (Å²) >= 11 is 0. The smallest absolute Gasteiger partial charge is 0.338 e.